The van der Waals surface area contributed by atoms with E-state index in [1.807, 2.05) is 35.7 Å². The molecule has 1 aliphatic carbocycles. The third-order valence-corrected chi connectivity index (χ3v) is 7.96. The minimum atomic E-state index is -5.08. The predicted octanol–water partition coefficient (Wildman–Crippen LogP) is 5.25. The number of nitrogens with one attached hydrogen (secondary N) is 1. The van der Waals surface area contributed by atoms with Gasteiger partial charge in [-0.15, -0.1) is 0 Å². The Balaban J connectivity index is 0.000000616. The molecule has 0 bridgehead atoms. The number of aromatic nitrogens is 2. The Kier molecular flexibility index (Phi) is 10.3. The summed E-state index contributed by atoms with van der Waals surface area (Å²) in [6.45, 7) is 5.27. The van der Waals surface area contributed by atoms with E-state index in [1.165, 1.54) is 11.6 Å². The predicted molar refractivity (Wildman–Crippen MR) is 150 cm³/mol. The molecule has 0 radical (unpaired) electrons. The van der Waals surface area contributed by atoms with Crippen LogP contribution in [-0.2, 0) is 40.7 Å². The molecule has 14 heteroatoms. The average Bonchev–Trinajstić information content (AvgIpc) is 3.26. The van der Waals surface area contributed by atoms with Crippen molar-refractivity contribution in [2.45, 2.75) is 70.1 Å². The van der Waals surface area contributed by atoms with Crippen LogP contribution in [0.2, 0.25) is 0 Å². The highest BCUT2D eigenvalue weighted by Gasteiger charge is 2.38. The second-order valence-electron chi connectivity index (χ2n) is 9.94. The molecule has 10 nitrogen and oxygen atoms in total. The molecule has 0 atom stereocenters. The van der Waals surface area contributed by atoms with Crippen LogP contribution in [0.15, 0.2) is 47.4 Å². The quantitative estimate of drug-likeness (QED) is 0.298. The van der Waals surface area contributed by atoms with E-state index in [0.29, 0.717) is 12.2 Å². The summed E-state index contributed by atoms with van der Waals surface area (Å²) in [5.74, 6) is -3.88. The molecular weight excluding hydrogens is 577 g/mol. The van der Waals surface area contributed by atoms with Gasteiger partial charge in [0.15, 0.2) is 0 Å². The molecule has 0 saturated heterocycles. The highest BCUT2D eigenvalue weighted by Crippen LogP contribution is 2.28. The van der Waals surface area contributed by atoms with Crippen LogP contribution in [0, 0.1) is 6.92 Å². The van der Waals surface area contributed by atoms with Crippen molar-refractivity contribution < 1.29 is 41.4 Å². The van der Waals surface area contributed by atoms with Crippen LogP contribution < -0.4 is 9.62 Å². The molecule has 3 aromatic rings. The highest BCUT2D eigenvalue weighted by molar-refractivity contribution is 7.92. The fourth-order valence-electron chi connectivity index (χ4n) is 4.65. The Morgan fingerprint density at radius 3 is 2.29 bits per heavy atom. The number of alkyl halides is 3. The number of carboxylic acid groups (broad SMARTS) is 2. The van der Waals surface area contributed by atoms with Crippen LogP contribution in [-0.4, -0.2) is 53.6 Å². The number of carbonyl (C=O) groups is 2. The standard InChI is InChI=1S/C26H32N4O4S.C2HF3O2/c1-4-13-30-22(14-18(2)27-30)17-29(3)25-12-10-21(16-24(25)26(31)32)28-35(33,34)23-11-9-19-7-5-6-8-20(19)15-23;3-2(4,5)1(6)7/h9-12,14-16,28H,4-8,13,17H2,1-3H3,(H,31,32);(H,6,7). The summed E-state index contributed by atoms with van der Waals surface area (Å²) in [7, 11) is -2.03. The Morgan fingerprint density at radius 2 is 1.69 bits per heavy atom. The van der Waals surface area contributed by atoms with E-state index in [9.17, 15) is 31.5 Å². The fraction of sp³-hybridized carbons (Fsp3) is 0.393. The van der Waals surface area contributed by atoms with Crippen molar-refractivity contribution in [3.05, 3.63) is 70.5 Å². The lowest BCUT2D eigenvalue weighted by atomic mass is 9.92. The first kappa shape index (κ1) is 32.4. The molecule has 0 spiro atoms. The molecule has 1 aliphatic rings. The molecule has 0 aliphatic heterocycles. The Morgan fingerprint density at radius 1 is 1.05 bits per heavy atom. The summed E-state index contributed by atoms with van der Waals surface area (Å²) in [6.07, 6.45) is -0.119. The van der Waals surface area contributed by atoms with Crippen LogP contribution in [0.3, 0.4) is 0 Å². The van der Waals surface area contributed by atoms with E-state index in [4.69, 9.17) is 9.90 Å². The zero-order valence-electron chi connectivity index (χ0n) is 23.4. The normalized spacial score (nSPS) is 13.0. The lowest BCUT2D eigenvalue weighted by molar-refractivity contribution is -0.192. The third-order valence-electron chi connectivity index (χ3n) is 6.58. The van der Waals surface area contributed by atoms with Gasteiger partial charge in [-0.2, -0.15) is 18.3 Å². The summed E-state index contributed by atoms with van der Waals surface area (Å²) in [5, 5.41) is 21.5. The first-order chi connectivity index (χ1) is 19.6. The van der Waals surface area contributed by atoms with E-state index >= 15 is 0 Å². The van der Waals surface area contributed by atoms with Gasteiger partial charge >= 0.3 is 18.1 Å². The highest BCUT2D eigenvalue weighted by atomic mass is 32.2. The summed E-state index contributed by atoms with van der Waals surface area (Å²) in [5.41, 5.74) is 4.90. The van der Waals surface area contributed by atoms with Crippen LogP contribution in [0.4, 0.5) is 24.5 Å². The number of hydrogen-bond donors (Lipinski definition) is 3. The number of nitrogens with zero attached hydrogens (tertiary/aromatic N) is 3. The number of aliphatic carboxylic acids is 1. The van der Waals surface area contributed by atoms with Gasteiger partial charge in [-0.1, -0.05) is 13.0 Å². The average molecular weight is 611 g/mol. The van der Waals surface area contributed by atoms with Crippen molar-refractivity contribution >= 4 is 33.3 Å². The number of fused-ring (bicyclic) bond motifs is 1. The molecule has 228 valence electrons. The molecule has 0 fully saturated rings. The van der Waals surface area contributed by atoms with Crippen molar-refractivity contribution in [1.29, 1.82) is 0 Å². The topological polar surface area (TPSA) is 142 Å². The first-order valence-corrected chi connectivity index (χ1v) is 14.7. The van der Waals surface area contributed by atoms with Gasteiger partial charge in [0, 0.05) is 19.3 Å². The number of aryl methyl sites for hydroxylation is 4. The Hall–Kier alpha value is -4.07. The maximum absolute atomic E-state index is 13.1. The summed E-state index contributed by atoms with van der Waals surface area (Å²) in [6, 6.07) is 11.8. The van der Waals surface area contributed by atoms with Gasteiger partial charge in [0.1, 0.15) is 0 Å². The van der Waals surface area contributed by atoms with Gasteiger partial charge < -0.3 is 15.1 Å². The molecule has 0 unspecified atom stereocenters. The van der Waals surface area contributed by atoms with E-state index in [1.54, 1.807) is 24.3 Å². The SMILES string of the molecule is CCCn1nc(C)cc1CN(C)c1ccc(NS(=O)(=O)c2ccc3c(c2)CCCC3)cc1C(=O)O.O=C(O)C(F)(F)F. The monoisotopic (exact) mass is 610 g/mol. The van der Waals surface area contributed by atoms with Crippen molar-refractivity contribution in [1.82, 2.24) is 9.78 Å². The molecule has 42 heavy (non-hydrogen) atoms. The van der Waals surface area contributed by atoms with Crippen LogP contribution >= 0.6 is 0 Å². The maximum atomic E-state index is 13.1. The first-order valence-electron chi connectivity index (χ1n) is 13.2. The molecule has 0 saturated carbocycles. The number of sulfonamides is 1. The fourth-order valence-corrected chi connectivity index (χ4v) is 5.75. The van der Waals surface area contributed by atoms with Crippen molar-refractivity contribution in [2.24, 2.45) is 0 Å². The number of benzene rings is 2. The molecule has 3 N–H and O–H groups in total. The molecule has 1 aromatic heterocycles. The Bertz CT molecular complexity index is 1550. The van der Waals surface area contributed by atoms with Gasteiger partial charge in [0.25, 0.3) is 10.0 Å². The third kappa shape index (κ3) is 8.24. The van der Waals surface area contributed by atoms with Gasteiger partial charge in [-0.25, -0.2) is 18.0 Å². The van der Waals surface area contributed by atoms with Gasteiger partial charge in [-0.3, -0.25) is 9.40 Å². The van der Waals surface area contributed by atoms with E-state index < -0.39 is 28.1 Å². The minimum absolute atomic E-state index is 0.0245. The van der Waals surface area contributed by atoms with E-state index in [2.05, 4.69) is 16.7 Å². The van der Waals surface area contributed by atoms with Crippen molar-refractivity contribution in [3.8, 4) is 0 Å². The molecule has 4 rings (SSSR count). The second kappa shape index (κ2) is 13.3. The number of hydrogen-bond acceptors (Lipinski definition) is 6. The number of aromatic carboxylic acids is 1. The van der Waals surface area contributed by atoms with Crippen LogP contribution in [0.25, 0.3) is 0 Å². The molecule has 2 aromatic carbocycles. The van der Waals surface area contributed by atoms with Crippen LogP contribution in [0.5, 0.6) is 0 Å². The number of carboxylic acids is 2. The molecule has 0 amide bonds. The summed E-state index contributed by atoms with van der Waals surface area (Å²) in [4.78, 5) is 23.0. The zero-order valence-corrected chi connectivity index (χ0v) is 24.2. The molecule has 1 heterocycles. The van der Waals surface area contributed by atoms with E-state index in [-0.39, 0.29) is 16.1 Å². The number of rotatable bonds is 9. The zero-order chi connectivity index (χ0) is 31.2. The number of anilines is 2. The smallest absolute Gasteiger partial charge is 0.478 e. The lowest BCUT2D eigenvalue weighted by Crippen LogP contribution is -2.22. The minimum Gasteiger partial charge on any atom is -0.478 e. The maximum Gasteiger partial charge on any atom is 0.490 e. The van der Waals surface area contributed by atoms with Crippen LogP contribution in [0.1, 0.15) is 59.1 Å². The summed E-state index contributed by atoms with van der Waals surface area (Å²) >= 11 is 0. The molecular formula is C28H33F3N4O6S. The van der Waals surface area contributed by atoms with Crippen molar-refractivity contribution in [3.63, 3.8) is 0 Å². The van der Waals surface area contributed by atoms with Gasteiger partial charge in [0.05, 0.1) is 34.1 Å². The number of halogens is 3. The van der Waals surface area contributed by atoms with Gasteiger partial charge in [0.2, 0.25) is 0 Å². The summed E-state index contributed by atoms with van der Waals surface area (Å²) < 4.78 is 62.3. The Labute approximate surface area is 241 Å². The lowest BCUT2D eigenvalue weighted by Gasteiger charge is -2.22. The van der Waals surface area contributed by atoms with E-state index in [0.717, 1.165) is 55.6 Å². The largest absolute Gasteiger partial charge is 0.490 e. The van der Waals surface area contributed by atoms with Gasteiger partial charge in [-0.05, 0) is 86.6 Å². The van der Waals surface area contributed by atoms with Crippen molar-refractivity contribution in [2.75, 3.05) is 16.7 Å². The second-order valence-corrected chi connectivity index (χ2v) is 11.6.